The molecule has 2 heterocycles. The van der Waals surface area contributed by atoms with Gasteiger partial charge < -0.3 is 15.2 Å². The summed E-state index contributed by atoms with van der Waals surface area (Å²) < 4.78 is 28.7. The average molecular weight is 404 g/mol. The van der Waals surface area contributed by atoms with Crippen LogP contribution in [0.4, 0.5) is 14.5 Å². The van der Waals surface area contributed by atoms with E-state index in [0.29, 0.717) is 6.07 Å². The third kappa shape index (κ3) is 5.41. The Hall–Kier alpha value is -2.74. The molecule has 2 aromatic rings. The summed E-state index contributed by atoms with van der Waals surface area (Å²) in [5.41, 5.74) is 0.815. The highest BCUT2D eigenvalue weighted by atomic mass is 19.1. The molecule has 6 nitrogen and oxygen atoms in total. The normalized spacial score (nSPS) is 16.1. The number of aromatic nitrogens is 1. The molecule has 29 heavy (non-hydrogen) atoms. The first-order valence-electron chi connectivity index (χ1n) is 9.85. The van der Waals surface area contributed by atoms with Crippen LogP contribution in [0, 0.1) is 11.6 Å². The Morgan fingerprint density at radius 2 is 1.79 bits per heavy atom. The Morgan fingerprint density at radius 1 is 1.07 bits per heavy atom. The maximum atomic E-state index is 13.7. The van der Waals surface area contributed by atoms with E-state index in [1.54, 1.807) is 0 Å². The molecule has 0 aliphatic carbocycles. The summed E-state index contributed by atoms with van der Waals surface area (Å²) in [5.74, 6) is -3.54. The highest BCUT2D eigenvalue weighted by molar-refractivity contribution is 6.39. The molecule has 2 N–H and O–H groups in total. The third-order valence-electron chi connectivity index (χ3n) is 5.25. The van der Waals surface area contributed by atoms with E-state index in [1.165, 1.54) is 12.8 Å². The molecule has 0 saturated carbocycles. The fourth-order valence-electron chi connectivity index (χ4n) is 3.69. The fraction of sp³-hybridized carbons (Fsp3) is 0.429. The van der Waals surface area contributed by atoms with Crippen molar-refractivity contribution in [1.82, 2.24) is 14.8 Å². The molecular formula is C21H26F2N4O2. The van der Waals surface area contributed by atoms with E-state index in [2.05, 4.69) is 15.5 Å². The Morgan fingerprint density at radius 3 is 2.41 bits per heavy atom. The lowest BCUT2D eigenvalue weighted by atomic mass is 10.1. The van der Waals surface area contributed by atoms with Gasteiger partial charge in [-0.2, -0.15) is 0 Å². The summed E-state index contributed by atoms with van der Waals surface area (Å²) in [4.78, 5) is 26.8. The van der Waals surface area contributed by atoms with Gasteiger partial charge in [0.05, 0.1) is 11.7 Å². The van der Waals surface area contributed by atoms with Gasteiger partial charge in [0.25, 0.3) is 0 Å². The summed E-state index contributed by atoms with van der Waals surface area (Å²) in [7, 11) is 1.95. The van der Waals surface area contributed by atoms with Crippen LogP contribution in [0.3, 0.4) is 0 Å². The second-order valence-corrected chi connectivity index (χ2v) is 7.30. The summed E-state index contributed by atoms with van der Waals surface area (Å²) in [6.07, 6.45) is 6.52. The molecule has 1 atom stereocenters. The van der Waals surface area contributed by atoms with E-state index in [-0.39, 0.29) is 18.3 Å². The van der Waals surface area contributed by atoms with E-state index in [0.717, 1.165) is 43.8 Å². The predicted molar refractivity (Wildman–Crippen MR) is 106 cm³/mol. The van der Waals surface area contributed by atoms with Gasteiger partial charge in [0.1, 0.15) is 11.6 Å². The van der Waals surface area contributed by atoms with Crippen LogP contribution in [0.1, 0.15) is 37.4 Å². The molecule has 1 aromatic heterocycles. The molecule has 0 radical (unpaired) electrons. The number of aryl methyl sites for hydroxylation is 1. The van der Waals surface area contributed by atoms with Crippen LogP contribution in [-0.2, 0) is 16.6 Å². The van der Waals surface area contributed by atoms with E-state index >= 15 is 0 Å². The molecule has 1 saturated heterocycles. The van der Waals surface area contributed by atoms with Crippen molar-refractivity contribution >= 4 is 17.5 Å². The molecule has 1 fully saturated rings. The molecule has 0 spiro atoms. The first-order chi connectivity index (χ1) is 14.0. The van der Waals surface area contributed by atoms with Crippen LogP contribution in [0.2, 0.25) is 0 Å². The van der Waals surface area contributed by atoms with Crippen molar-refractivity contribution in [1.29, 1.82) is 0 Å². The minimum Gasteiger partial charge on any atom is -0.353 e. The molecule has 2 amide bonds. The number of anilines is 1. The number of halogens is 2. The monoisotopic (exact) mass is 404 g/mol. The minimum atomic E-state index is -0.989. The number of nitrogens with zero attached hydrogens (tertiary/aromatic N) is 2. The Labute approximate surface area is 168 Å². The van der Waals surface area contributed by atoms with Crippen molar-refractivity contribution < 1.29 is 18.4 Å². The SMILES string of the molecule is Cn1cccc1C(CNC(=O)C(=O)Nc1ccc(F)cc1F)N1CCCCCC1. The van der Waals surface area contributed by atoms with Gasteiger partial charge in [-0.05, 0) is 50.2 Å². The summed E-state index contributed by atoms with van der Waals surface area (Å²) in [6.45, 7) is 2.12. The second-order valence-electron chi connectivity index (χ2n) is 7.30. The molecule has 1 unspecified atom stereocenters. The van der Waals surface area contributed by atoms with E-state index in [4.69, 9.17) is 0 Å². The van der Waals surface area contributed by atoms with Gasteiger partial charge in [-0.25, -0.2) is 8.78 Å². The summed E-state index contributed by atoms with van der Waals surface area (Å²) >= 11 is 0. The van der Waals surface area contributed by atoms with Crippen molar-refractivity contribution in [3.63, 3.8) is 0 Å². The van der Waals surface area contributed by atoms with Crippen molar-refractivity contribution in [2.24, 2.45) is 7.05 Å². The fourth-order valence-corrected chi connectivity index (χ4v) is 3.69. The van der Waals surface area contributed by atoms with Crippen LogP contribution < -0.4 is 10.6 Å². The van der Waals surface area contributed by atoms with Crippen molar-refractivity contribution in [2.75, 3.05) is 25.0 Å². The minimum absolute atomic E-state index is 0.0626. The van der Waals surface area contributed by atoms with E-state index in [9.17, 15) is 18.4 Å². The largest absolute Gasteiger partial charge is 0.353 e. The number of hydrogen-bond acceptors (Lipinski definition) is 3. The van der Waals surface area contributed by atoms with Gasteiger partial charge >= 0.3 is 11.8 Å². The number of amides is 2. The topological polar surface area (TPSA) is 66.4 Å². The van der Waals surface area contributed by atoms with Crippen LogP contribution in [0.5, 0.6) is 0 Å². The number of rotatable bonds is 5. The standard InChI is InChI=1S/C21H26F2N4O2/c1-26-10-6-7-18(26)19(27-11-4-2-3-5-12-27)14-24-20(28)21(29)25-17-9-8-15(22)13-16(17)23/h6-10,13,19H,2-5,11-12,14H2,1H3,(H,24,28)(H,25,29). The first kappa shape index (κ1) is 21.0. The van der Waals surface area contributed by atoms with E-state index < -0.39 is 23.4 Å². The van der Waals surface area contributed by atoms with Crippen LogP contribution in [0.25, 0.3) is 0 Å². The first-order valence-corrected chi connectivity index (χ1v) is 9.85. The summed E-state index contributed by atoms with van der Waals surface area (Å²) in [5, 5.41) is 4.85. The molecular weight excluding hydrogens is 378 g/mol. The lowest BCUT2D eigenvalue weighted by Crippen LogP contribution is -2.43. The predicted octanol–water partition coefficient (Wildman–Crippen LogP) is 2.98. The van der Waals surface area contributed by atoms with Crippen molar-refractivity contribution in [3.8, 4) is 0 Å². The molecule has 1 aliphatic rings. The zero-order valence-corrected chi connectivity index (χ0v) is 16.5. The van der Waals surface area contributed by atoms with Crippen LogP contribution in [0.15, 0.2) is 36.5 Å². The number of likely N-dealkylation sites (tertiary alicyclic amines) is 1. The molecule has 8 heteroatoms. The van der Waals surface area contributed by atoms with Gasteiger partial charge in [0, 0.05) is 31.5 Å². The molecule has 3 rings (SSSR count). The number of hydrogen-bond donors (Lipinski definition) is 2. The third-order valence-corrected chi connectivity index (χ3v) is 5.25. The van der Waals surface area contributed by atoms with Crippen LogP contribution in [-0.4, -0.2) is 40.9 Å². The van der Waals surface area contributed by atoms with Gasteiger partial charge in [-0.3, -0.25) is 14.5 Å². The molecule has 156 valence electrons. The number of carbonyl (C=O) groups is 2. The number of benzene rings is 1. The maximum absolute atomic E-state index is 13.7. The van der Waals surface area contributed by atoms with Gasteiger partial charge in [0.2, 0.25) is 0 Å². The lowest BCUT2D eigenvalue weighted by molar-refractivity contribution is -0.136. The van der Waals surface area contributed by atoms with Crippen molar-refractivity contribution in [2.45, 2.75) is 31.7 Å². The smallest absolute Gasteiger partial charge is 0.313 e. The molecule has 1 aromatic carbocycles. The zero-order valence-electron chi connectivity index (χ0n) is 16.5. The Balaban J connectivity index is 1.65. The molecule has 1 aliphatic heterocycles. The van der Waals surface area contributed by atoms with E-state index in [1.807, 2.05) is 29.9 Å². The number of nitrogens with one attached hydrogen (secondary N) is 2. The second kappa shape index (κ2) is 9.65. The summed E-state index contributed by atoms with van der Waals surface area (Å²) in [6, 6.07) is 6.65. The Bertz CT molecular complexity index is 860. The van der Waals surface area contributed by atoms with Gasteiger partial charge in [0.15, 0.2) is 0 Å². The lowest BCUT2D eigenvalue weighted by Gasteiger charge is -2.31. The zero-order chi connectivity index (χ0) is 20.8. The highest BCUT2D eigenvalue weighted by Crippen LogP contribution is 2.24. The molecule has 0 bridgehead atoms. The van der Waals surface area contributed by atoms with Gasteiger partial charge in [-0.15, -0.1) is 0 Å². The van der Waals surface area contributed by atoms with Gasteiger partial charge in [-0.1, -0.05) is 12.8 Å². The Kier molecular flexibility index (Phi) is 6.98. The van der Waals surface area contributed by atoms with Crippen molar-refractivity contribution in [3.05, 3.63) is 53.9 Å². The maximum Gasteiger partial charge on any atom is 0.313 e. The van der Waals surface area contributed by atoms with Crippen LogP contribution >= 0.6 is 0 Å². The highest BCUT2D eigenvalue weighted by Gasteiger charge is 2.25. The number of carbonyl (C=O) groups excluding carboxylic acids is 2. The quantitative estimate of drug-likeness (QED) is 0.753. The average Bonchev–Trinajstić information content (AvgIpc) is 2.94.